The minimum atomic E-state index is -0.0104. The van der Waals surface area contributed by atoms with Crippen LogP contribution in [-0.2, 0) is 24.1 Å². The molecule has 5 nitrogen and oxygen atoms in total. The van der Waals surface area contributed by atoms with Crippen molar-refractivity contribution in [1.82, 2.24) is 0 Å². The van der Waals surface area contributed by atoms with Crippen LogP contribution in [-0.4, -0.2) is 32.2 Å². The fraction of sp³-hybridized carbons (Fsp3) is 0.435. The summed E-state index contributed by atoms with van der Waals surface area (Å²) in [5.41, 5.74) is 5.38. The summed E-state index contributed by atoms with van der Waals surface area (Å²) in [5.74, 6) is 1.82. The smallest absolute Gasteiger partial charge is 0.228 e. The van der Waals surface area contributed by atoms with Crippen molar-refractivity contribution in [3.63, 3.8) is 0 Å². The number of carbonyl (C=O) groups is 1. The lowest BCUT2D eigenvalue weighted by atomic mass is 9.97. The largest absolute Gasteiger partial charge is 0.493 e. The molecule has 3 aliphatic rings. The Kier molecular flexibility index (Phi) is 4.59. The lowest BCUT2D eigenvalue weighted by Gasteiger charge is -2.28. The number of nitrogens with one attached hydrogen (secondary N) is 1. The quantitative estimate of drug-likeness (QED) is 0.881. The van der Waals surface area contributed by atoms with Gasteiger partial charge in [0.25, 0.3) is 0 Å². The zero-order valence-electron chi connectivity index (χ0n) is 16.1. The molecule has 2 aromatic carbocycles. The van der Waals surface area contributed by atoms with Gasteiger partial charge in [0.05, 0.1) is 19.6 Å². The first kappa shape index (κ1) is 17.4. The van der Waals surface area contributed by atoms with Crippen LogP contribution >= 0.6 is 0 Å². The highest BCUT2D eigenvalue weighted by molar-refractivity contribution is 5.93. The molecule has 0 atom stereocenters. The lowest BCUT2D eigenvalue weighted by Crippen LogP contribution is -2.29. The number of benzene rings is 2. The molecule has 1 amide bonds. The molecule has 1 fully saturated rings. The Morgan fingerprint density at radius 1 is 1.00 bits per heavy atom. The predicted molar refractivity (Wildman–Crippen MR) is 110 cm³/mol. The van der Waals surface area contributed by atoms with Crippen molar-refractivity contribution in [3.05, 3.63) is 47.0 Å². The number of nitrogens with zero attached hydrogens (tertiary/aromatic N) is 1. The maximum Gasteiger partial charge on any atom is 0.228 e. The van der Waals surface area contributed by atoms with E-state index >= 15 is 0 Å². The number of anilines is 2. The number of piperidine rings is 1. The Morgan fingerprint density at radius 3 is 2.61 bits per heavy atom. The summed E-state index contributed by atoms with van der Waals surface area (Å²) in [7, 11) is 0. The highest BCUT2D eigenvalue weighted by Crippen LogP contribution is 2.40. The molecule has 0 spiro atoms. The van der Waals surface area contributed by atoms with Crippen LogP contribution in [0.2, 0.25) is 0 Å². The van der Waals surface area contributed by atoms with Gasteiger partial charge in [0.2, 0.25) is 5.91 Å². The molecular weight excluding hydrogens is 352 g/mol. The van der Waals surface area contributed by atoms with Gasteiger partial charge in [-0.25, -0.2) is 0 Å². The highest BCUT2D eigenvalue weighted by Gasteiger charge is 2.27. The summed E-state index contributed by atoms with van der Waals surface area (Å²) >= 11 is 0. The summed E-state index contributed by atoms with van der Waals surface area (Å²) in [6.45, 7) is 3.62. The molecule has 0 unspecified atom stereocenters. The SMILES string of the molecule is O=C(Cc1c2c(cc3c1OCC3)OCC2)Nc1ccc(N2CCCCC2)cc1. The fourth-order valence-corrected chi connectivity index (χ4v) is 4.55. The highest BCUT2D eigenvalue weighted by atomic mass is 16.5. The van der Waals surface area contributed by atoms with Crippen LogP contribution in [0.25, 0.3) is 0 Å². The lowest BCUT2D eigenvalue weighted by molar-refractivity contribution is -0.115. The van der Waals surface area contributed by atoms with Crippen LogP contribution in [0.15, 0.2) is 30.3 Å². The third-order valence-corrected chi connectivity index (χ3v) is 5.97. The van der Waals surface area contributed by atoms with E-state index < -0.39 is 0 Å². The fourth-order valence-electron chi connectivity index (χ4n) is 4.55. The zero-order chi connectivity index (χ0) is 18.9. The van der Waals surface area contributed by atoms with Gasteiger partial charge in [-0.1, -0.05) is 0 Å². The second kappa shape index (κ2) is 7.38. The monoisotopic (exact) mass is 378 g/mol. The van der Waals surface area contributed by atoms with Crippen molar-refractivity contribution < 1.29 is 14.3 Å². The maximum atomic E-state index is 12.8. The normalized spacial score (nSPS) is 17.5. The number of hydrogen-bond acceptors (Lipinski definition) is 4. The van der Waals surface area contributed by atoms with Gasteiger partial charge >= 0.3 is 0 Å². The first-order valence-corrected chi connectivity index (χ1v) is 10.4. The molecule has 3 aliphatic heterocycles. The average Bonchev–Trinajstić information content (AvgIpc) is 3.38. The number of hydrogen-bond donors (Lipinski definition) is 1. The van der Waals surface area contributed by atoms with Gasteiger partial charge in [-0.3, -0.25) is 4.79 Å². The summed E-state index contributed by atoms with van der Waals surface area (Å²) in [5, 5.41) is 3.05. The number of carbonyl (C=O) groups excluding carboxylic acids is 1. The van der Waals surface area contributed by atoms with Crippen molar-refractivity contribution >= 4 is 17.3 Å². The minimum absolute atomic E-state index is 0.0104. The molecule has 3 heterocycles. The molecule has 5 heteroatoms. The topological polar surface area (TPSA) is 50.8 Å². The van der Waals surface area contributed by atoms with E-state index in [4.69, 9.17) is 9.47 Å². The molecular formula is C23H26N2O3. The third-order valence-electron chi connectivity index (χ3n) is 5.97. The average molecular weight is 378 g/mol. The molecule has 0 radical (unpaired) electrons. The van der Waals surface area contributed by atoms with Crippen LogP contribution < -0.4 is 19.7 Å². The predicted octanol–water partition coefficient (Wildman–Crippen LogP) is 3.73. The summed E-state index contributed by atoms with van der Waals surface area (Å²) < 4.78 is 11.6. The summed E-state index contributed by atoms with van der Waals surface area (Å²) in [4.78, 5) is 15.2. The number of rotatable bonds is 4. The van der Waals surface area contributed by atoms with E-state index in [1.807, 2.05) is 12.1 Å². The number of ether oxygens (including phenoxy) is 2. The van der Waals surface area contributed by atoms with Crippen molar-refractivity contribution in [2.24, 2.45) is 0 Å². The molecule has 0 aliphatic carbocycles. The van der Waals surface area contributed by atoms with Crippen molar-refractivity contribution in [2.75, 3.05) is 36.5 Å². The van der Waals surface area contributed by atoms with Crippen molar-refractivity contribution in [1.29, 1.82) is 0 Å². The Balaban J connectivity index is 1.29. The van der Waals surface area contributed by atoms with Gasteiger partial charge in [0.1, 0.15) is 11.5 Å². The van der Waals surface area contributed by atoms with Crippen LogP contribution in [0, 0.1) is 0 Å². The molecule has 0 aromatic heterocycles. The summed E-state index contributed by atoms with van der Waals surface area (Å²) in [6, 6.07) is 10.3. The molecule has 1 N–H and O–H groups in total. The third kappa shape index (κ3) is 3.30. The second-order valence-electron chi connectivity index (χ2n) is 7.84. The Hall–Kier alpha value is -2.69. The number of fused-ring (bicyclic) bond motifs is 2. The van der Waals surface area contributed by atoms with Gasteiger partial charge in [-0.05, 0) is 49.6 Å². The molecule has 5 rings (SSSR count). The minimum Gasteiger partial charge on any atom is -0.493 e. The Bertz CT molecular complexity index is 853. The van der Waals surface area contributed by atoms with Crippen molar-refractivity contribution in [3.8, 4) is 11.5 Å². The van der Waals surface area contributed by atoms with Gasteiger partial charge in [-0.15, -0.1) is 0 Å². The number of amides is 1. The molecule has 2 aromatic rings. The zero-order valence-corrected chi connectivity index (χ0v) is 16.1. The first-order chi connectivity index (χ1) is 13.8. The van der Waals surface area contributed by atoms with E-state index in [1.165, 1.54) is 24.9 Å². The molecule has 28 heavy (non-hydrogen) atoms. The van der Waals surface area contributed by atoms with Gasteiger partial charge in [0, 0.05) is 54.0 Å². The molecule has 1 saturated heterocycles. The maximum absolute atomic E-state index is 12.8. The van der Waals surface area contributed by atoms with Crippen LogP contribution in [0.5, 0.6) is 11.5 Å². The van der Waals surface area contributed by atoms with Crippen molar-refractivity contribution in [2.45, 2.75) is 38.5 Å². The molecule has 0 saturated carbocycles. The first-order valence-electron chi connectivity index (χ1n) is 10.4. The van der Waals surface area contributed by atoms with Crippen LogP contribution in [0.3, 0.4) is 0 Å². The van der Waals surface area contributed by atoms with E-state index in [1.54, 1.807) is 0 Å². The van der Waals surface area contributed by atoms with E-state index in [-0.39, 0.29) is 5.91 Å². The van der Waals surface area contributed by atoms with Crippen LogP contribution in [0.4, 0.5) is 11.4 Å². The van der Waals surface area contributed by atoms with E-state index in [0.717, 1.165) is 59.8 Å². The standard InChI is InChI=1S/C23H26N2O3/c26-22(24-17-4-6-18(7-5-17)25-10-2-1-3-11-25)15-20-19-9-13-27-21(19)14-16-8-12-28-23(16)20/h4-7,14H,1-3,8-13,15H2,(H,24,26). The van der Waals surface area contributed by atoms with E-state index in [2.05, 4.69) is 28.4 Å². The van der Waals surface area contributed by atoms with Gasteiger partial charge < -0.3 is 19.7 Å². The Labute approximate surface area is 165 Å². The second-order valence-corrected chi connectivity index (χ2v) is 7.84. The Morgan fingerprint density at radius 2 is 1.79 bits per heavy atom. The molecule has 0 bridgehead atoms. The summed E-state index contributed by atoms with van der Waals surface area (Å²) in [6.07, 6.45) is 5.90. The van der Waals surface area contributed by atoms with Crippen LogP contribution in [0.1, 0.15) is 36.0 Å². The van der Waals surface area contributed by atoms with E-state index in [9.17, 15) is 4.79 Å². The van der Waals surface area contributed by atoms with Gasteiger partial charge in [-0.2, -0.15) is 0 Å². The van der Waals surface area contributed by atoms with Gasteiger partial charge in [0.15, 0.2) is 0 Å². The molecule has 146 valence electrons. The van der Waals surface area contributed by atoms with E-state index in [0.29, 0.717) is 19.6 Å².